The Morgan fingerprint density at radius 1 is 0.810 bits per heavy atom. The zero-order chi connectivity index (χ0) is 16.5. The first-order valence-electron chi connectivity index (χ1n) is 5.74. The molecule has 0 fully saturated rings. The molecule has 1 aromatic rings. The van der Waals surface area contributed by atoms with Crippen molar-refractivity contribution in [1.29, 1.82) is 0 Å². The highest BCUT2D eigenvalue weighted by atomic mass is 28.4. The molecule has 0 amide bonds. The van der Waals surface area contributed by atoms with E-state index in [4.69, 9.17) is 14.4 Å². The van der Waals surface area contributed by atoms with Crippen LogP contribution in [0.15, 0.2) is 18.2 Å². The van der Waals surface area contributed by atoms with Crippen molar-refractivity contribution >= 4 is 8.80 Å². The van der Waals surface area contributed by atoms with Crippen LogP contribution in [-0.4, -0.2) is 23.2 Å². The second-order valence-electron chi connectivity index (χ2n) is 4.54. The summed E-state index contributed by atoms with van der Waals surface area (Å²) in [7, 11) is -4.36. The highest BCUT2D eigenvalue weighted by Gasteiger charge is 2.36. The van der Waals surface area contributed by atoms with Crippen molar-refractivity contribution in [2.24, 2.45) is 0 Å². The predicted octanol–water partition coefficient (Wildman–Crippen LogP) is 2.57. The highest BCUT2D eigenvalue weighted by Crippen LogP contribution is 2.36. The normalized spacial score (nSPS) is 13.6. The lowest BCUT2D eigenvalue weighted by Gasteiger charge is -2.14. The summed E-state index contributed by atoms with van der Waals surface area (Å²) in [5.41, 5.74) is -3.09. The van der Waals surface area contributed by atoms with Crippen molar-refractivity contribution in [3.05, 3.63) is 34.9 Å². The van der Waals surface area contributed by atoms with Gasteiger partial charge in [0.05, 0.1) is 11.1 Å². The van der Waals surface area contributed by atoms with Crippen LogP contribution in [0.3, 0.4) is 0 Å². The standard InChI is InChI=1S/C11H12F6O3Si/c12-10(13,14)8-4-7(2-1-3-21(18,19)20)5-9(6-8)11(15,16)17/h4-6,18-20H,1-3H2. The molecular weight excluding hydrogens is 322 g/mol. The van der Waals surface area contributed by atoms with Crippen molar-refractivity contribution in [2.75, 3.05) is 0 Å². The number of rotatable bonds is 4. The summed E-state index contributed by atoms with van der Waals surface area (Å²) >= 11 is 0. The van der Waals surface area contributed by atoms with Gasteiger partial charge in [-0.3, -0.25) is 0 Å². The molecule has 0 radical (unpaired) electrons. The molecule has 0 unspecified atom stereocenters. The molecule has 0 aromatic heterocycles. The second-order valence-corrected chi connectivity index (χ2v) is 6.59. The number of aryl methyl sites for hydroxylation is 1. The number of alkyl halides is 6. The molecule has 10 heteroatoms. The first-order chi connectivity index (χ1) is 9.29. The molecular formula is C11H12F6O3Si. The summed E-state index contributed by atoms with van der Waals surface area (Å²) in [5.74, 6) is 0. The van der Waals surface area contributed by atoms with Crippen molar-refractivity contribution in [3.63, 3.8) is 0 Å². The topological polar surface area (TPSA) is 60.7 Å². The predicted molar refractivity (Wildman–Crippen MR) is 62.0 cm³/mol. The van der Waals surface area contributed by atoms with Gasteiger partial charge in [-0.25, -0.2) is 0 Å². The number of halogens is 6. The van der Waals surface area contributed by atoms with E-state index < -0.39 is 38.3 Å². The molecule has 0 spiro atoms. The molecule has 0 aliphatic heterocycles. The maximum atomic E-state index is 12.6. The van der Waals surface area contributed by atoms with Gasteiger partial charge in [-0.05, 0) is 36.6 Å². The van der Waals surface area contributed by atoms with Crippen LogP contribution < -0.4 is 0 Å². The number of benzene rings is 1. The lowest BCUT2D eigenvalue weighted by Crippen LogP contribution is -2.34. The van der Waals surface area contributed by atoms with Gasteiger partial charge in [0.15, 0.2) is 0 Å². The molecule has 0 aliphatic carbocycles. The molecule has 21 heavy (non-hydrogen) atoms. The Kier molecular flexibility index (Phi) is 5.08. The first-order valence-corrected chi connectivity index (χ1v) is 7.79. The summed E-state index contributed by atoms with van der Waals surface area (Å²) in [6.07, 6.45) is -10.2. The smallest absolute Gasteiger partial charge is 0.390 e. The molecule has 3 nitrogen and oxygen atoms in total. The van der Waals surface area contributed by atoms with E-state index in [1.165, 1.54) is 0 Å². The van der Waals surface area contributed by atoms with Crippen molar-refractivity contribution in [2.45, 2.75) is 31.2 Å². The maximum absolute atomic E-state index is 12.6. The molecule has 0 atom stereocenters. The number of hydrogen-bond acceptors (Lipinski definition) is 3. The van der Waals surface area contributed by atoms with Crippen LogP contribution in [0.5, 0.6) is 0 Å². The minimum Gasteiger partial charge on any atom is -0.390 e. The SMILES string of the molecule is O[Si](O)(O)CCCc1cc(C(F)(F)F)cc(C(F)(F)F)c1. The van der Waals surface area contributed by atoms with Crippen molar-refractivity contribution in [3.8, 4) is 0 Å². The highest BCUT2D eigenvalue weighted by molar-refractivity contribution is 6.56. The molecule has 0 saturated heterocycles. The molecule has 0 bridgehead atoms. The van der Waals surface area contributed by atoms with E-state index in [1.54, 1.807) is 0 Å². The fourth-order valence-electron chi connectivity index (χ4n) is 1.69. The van der Waals surface area contributed by atoms with Crippen LogP contribution in [0.25, 0.3) is 0 Å². The quantitative estimate of drug-likeness (QED) is 0.586. The van der Waals surface area contributed by atoms with Crippen LogP contribution in [0, 0.1) is 0 Å². The Balaban J connectivity index is 3.03. The fourth-order valence-corrected chi connectivity index (χ4v) is 2.34. The van der Waals surface area contributed by atoms with E-state index >= 15 is 0 Å². The van der Waals surface area contributed by atoms with Gasteiger partial charge in [-0.1, -0.05) is 0 Å². The molecule has 0 saturated carbocycles. The van der Waals surface area contributed by atoms with E-state index in [0.717, 1.165) is 0 Å². The monoisotopic (exact) mass is 334 g/mol. The molecule has 1 aromatic carbocycles. The van der Waals surface area contributed by atoms with E-state index in [0.29, 0.717) is 12.1 Å². The third kappa shape index (κ3) is 6.04. The molecule has 120 valence electrons. The maximum Gasteiger partial charge on any atom is 0.492 e. The lowest BCUT2D eigenvalue weighted by molar-refractivity contribution is -0.143. The third-order valence-electron chi connectivity index (χ3n) is 2.63. The average molecular weight is 334 g/mol. The van der Waals surface area contributed by atoms with E-state index in [9.17, 15) is 26.3 Å². The van der Waals surface area contributed by atoms with Crippen LogP contribution in [0.1, 0.15) is 23.1 Å². The van der Waals surface area contributed by atoms with Gasteiger partial charge < -0.3 is 14.4 Å². The minimum atomic E-state index is -4.92. The van der Waals surface area contributed by atoms with Gasteiger partial charge in [0.1, 0.15) is 0 Å². The summed E-state index contributed by atoms with van der Waals surface area (Å²) in [4.78, 5) is 26.3. The van der Waals surface area contributed by atoms with E-state index in [1.807, 2.05) is 0 Å². The Morgan fingerprint density at radius 2 is 1.24 bits per heavy atom. The first kappa shape index (κ1) is 17.9. The second kappa shape index (κ2) is 5.95. The molecule has 0 heterocycles. The average Bonchev–Trinajstić information content (AvgIpc) is 2.24. The van der Waals surface area contributed by atoms with Gasteiger partial charge in [0.2, 0.25) is 0 Å². The Bertz CT molecular complexity index is 460. The lowest BCUT2D eigenvalue weighted by atomic mass is 10.0. The largest absolute Gasteiger partial charge is 0.492 e. The van der Waals surface area contributed by atoms with Crippen LogP contribution in [0.2, 0.25) is 6.04 Å². The van der Waals surface area contributed by atoms with Crippen LogP contribution >= 0.6 is 0 Å². The molecule has 3 N–H and O–H groups in total. The zero-order valence-electron chi connectivity index (χ0n) is 10.5. The Hall–Kier alpha value is -1.10. The summed E-state index contributed by atoms with van der Waals surface area (Å²) in [5, 5.41) is 0. The number of hydrogen-bond donors (Lipinski definition) is 3. The third-order valence-corrected chi connectivity index (χ3v) is 3.65. The fraction of sp³-hybridized carbons (Fsp3) is 0.455. The van der Waals surface area contributed by atoms with Gasteiger partial charge in [0, 0.05) is 6.04 Å². The zero-order valence-corrected chi connectivity index (χ0v) is 11.5. The van der Waals surface area contributed by atoms with Gasteiger partial charge in [-0.2, -0.15) is 26.3 Å². The minimum absolute atomic E-state index is 0.0205. The van der Waals surface area contributed by atoms with Crippen molar-refractivity contribution < 1.29 is 40.7 Å². The van der Waals surface area contributed by atoms with E-state index in [2.05, 4.69) is 0 Å². The van der Waals surface area contributed by atoms with Crippen LogP contribution in [-0.2, 0) is 18.8 Å². The van der Waals surface area contributed by atoms with Gasteiger partial charge in [0.25, 0.3) is 0 Å². The summed E-state index contributed by atoms with van der Waals surface area (Å²) < 4.78 is 75.4. The summed E-state index contributed by atoms with van der Waals surface area (Å²) in [6.45, 7) is 0. The van der Waals surface area contributed by atoms with Crippen LogP contribution in [0.4, 0.5) is 26.3 Å². The summed E-state index contributed by atoms with van der Waals surface area (Å²) in [6, 6.07) is 0.701. The Morgan fingerprint density at radius 3 is 1.57 bits per heavy atom. The molecule has 0 aliphatic rings. The molecule has 1 rings (SSSR count). The van der Waals surface area contributed by atoms with Gasteiger partial charge >= 0.3 is 21.2 Å². The van der Waals surface area contributed by atoms with E-state index in [-0.39, 0.29) is 24.5 Å². The Labute approximate surface area is 116 Å². The van der Waals surface area contributed by atoms with Gasteiger partial charge in [-0.15, -0.1) is 0 Å². The van der Waals surface area contributed by atoms with Crippen molar-refractivity contribution in [1.82, 2.24) is 0 Å².